The molecule has 0 atom stereocenters. The number of hydrogen-bond donors (Lipinski definition) is 2. The van der Waals surface area contributed by atoms with Crippen molar-refractivity contribution >= 4 is 16.8 Å². The van der Waals surface area contributed by atoms with Gasteiger partial charge in [0.1, 0.15) is 0 Å². The summed E-state index contributed by atoms with van der Waals surface area (Å²) in [6.07, 6.45) is 6.98. The monoisotopic (exact) mass is 412 g/mol. The van der Waals surface area contributed by atoms with Crippen molar-refractivity contribution in [2.75, 3.05) is 26.2 Å². The number of hydrogen-bond acceptors (Lipinski definition) is 4. The highest BCUT2D eigenvalue weighted by atomic mass is 16.2. The van der Waals surface area contributed by atoms with Crippen LogP contribution in [0.15, 0.2) is 33.9 Å². The van der Waals surface area contributed by atoms with Crippen LogP contribution in [0.3, 0.4) is 0 Å². The van der Waals surface area contributed by atoms with Crippen LogP contribution in [-0.2, 0) is 11.3 Å². The average Bonchev–Trinajstić information content (AvgIpc) is 3.28. The molecule has 7 nitrogen and oxygen atoms in total. The molecule has 2 aliphatic rings. The van der Waals surface area contributed by atoms with Gasteiger partial charge in [0.2, 0.25) is 5.91 Å². The Labute approximate surface area is 176 Å². The van der Waals surface area contributed by atoms with Crippen LogP contribution in [0, 0.1) is 11.8 Å². The molecular weight excluding hydrogens is 380 g/mol. The molecule has 1 aromatic heterocycles. The number of carbonyl (C=O) groups is 1. The van der Waals surface area contributed by atoms with Crippen molar-refractivity contribution in [1.82, 2.24) is 19.8 Å². The molecule has 30 heavy (non-hydrogen) atoms. The molecule has 1 aromatic carbocycles. The van der Waals surface area contributed by atoms with Gasteiger partial charge in [-0.05, 0) is 82.6 Å². The number of likely N-dealkylation sites (tertiary alicyclic amines) is 1. The third-order valence-corrected chi connectivity index (χ3v) is 6.70. The quantitative estimate of drug-likeness (QED) is 0.682. The number of benzene rings is 1. The predicted molar refractivity (Wildman–Crippen MR) is 118 cm³/mol. The minimum Gasteiger partial charge on any atom is -0.356 e. The van der Waals surface area contributed by atoms with Gasteiger partial charge in [-0.1, -0.05) is 12.1 Å². The van der Waals surface area contributed by atoms with Crippen molar-refractivity contribution in [3.05, 3.63) is 45.1 Å². The highest BCUT2D eigenvalue weighted by Crippen LogP contribution is 2.29. The lowest BCUT2D eigenvalue weighted by Gasteiger charge is -2.28. The molecule has 0 radical (unpaired) electrons. The molecular formula is C23H32N4O3. The average molecular weight is 413 g/mol. The summed E-state index contributed by atoms with van der Waals surface area (Å²) in [4.78, 5) is 42.8. The van der Waals surface area contributed by atoms with Crippen molar-refractivity contribution in [3.8, 4) is 0 Å². The minimum atomic E-state index is -0.350. The van der Waals surface area contributed by atoms with Crippen molar-refractivity contribution in [2.24, 2.45) is 11.8 Å². The van der Waals surface area contributed by atoms with Gasteiger partial charge >= 0.3 is 5.69 Å². The fraction of sp³-hybridized carbons (Fsp3) is 0.609. The van der Waals surface area contributed by atoms with E-state index in [2.05, 4.69) is 15.2 Å². The molecule has 1 amide bonds. The van der Waals surface area contributed by atoms with E-state index in [9.17, 15) is 14.4 Å². The smallest absolute Gasteiger partial charge is 0.328 e. The van der Waals surface area contributed by atoms with Crippen molar-refractivity contribution < 1.29 is 4.79 Å². The van der Waals surface area contributed by atoms with Crippen LogP contribution in [-0.4, -0.2) is 46.5 Å². The highest BCUT2D eigenvalue weighted by molar-refractivity contribution is 5.78. The molecule has 1 aliphatic heterocycles. The summed E-state index contributed by atoms with van der Waals surface area (Å²) in [5.74, 6) is 0.472. The van der Waals surface area contributed by atoms with E-state index in [1.54, 1.807) is 24.3 Å². The van der Waals surface area contributed by atoms with Gasteiger partial charge in [-0.3, -0.25) is 14.2 Å². The van der Waals surface area contributed by atoms with Gasteiger partial charge in [0.05, 0.1) is 10.9 Å². The van der Waals surface area contributed by atoms with Crippen LogP contribution in [0.25, 0.3) is 10.9 Å². The molecule has 2 N–H and O–H groups in total. The zero-order valence-corrected chi connectivity index (χ0v) is 17.6. The molecule has 1 aliphatic carbocycles. The number of aromatic amines is 1. The molecule has 2 fully saturated rings. The Bertz CT molecular complexity index is 982. The molecule has 4 rings (SSSR count). The number of H-pyrrole nitrogens is 1. The standard InChI is InChI=1S/C23H32N4O3/c28-21(24-12-5-15-26-13-3-4-14-26)18-10-8-17(9-11-18)16-27-22(29)19-6-1-2-7-20(19)25-23(27)30/h1-2,6-7,17-18H,3-5,8-16H2,(H,24,28)(H,25,30). The number of carbonyl (C=O) groups excluding carboxylic acids is 1. The Morgan fingerprint density at radius 3 is 2.57 bits per heavy atom. The Morgan fingerprint density at radius 2 is 1.80 bits per heavy atom. The first-order chi connectivity index (χ1) is 14.6. The zero-order valence-electron chi connectivity index (χ0n) is 17.6. The lowest BCUT2D eigenvalue weighted by Crippen LogP contribution is -2.39. The molecule has 2 heterocycles. The number of nitrogens with zero attached hydrogens (tertiary/aromatic N) is 2. The lowest BCUT2D eigenvalue weighted by atomic mass is 9.81. The molecule has 1 saturated heterocycles. The first kappa shape index (κ1) is 20.8. The van der Waals surface area contributed by atoms with Crippen LogP contribution < -0.4 is 16.6 Å². The largest absolute Gasteiger partial charge is 0.356 e. The number of nitrogens with one attached hydrogen (secondary N) is 2. The second-order valence-electron chi connectivity index (χ2n) is 8.80. The molecule has 0 bridgehead atoms. The van der Waals surface area contributed by atoms with Gasteiger partial charge < -0.3 is 15.2 Å². The molecule has 0 spiro atoms. The highest BCUT2D eigenvalue weighted by Gasteiger charge is 2.27. The van der Waals surface area contributed by atoms with E-state index in [0.29, 0.717) is 17.4 Å². The van der Waals surface area contributed by atoms with Gasteiger partial charge in [0.25, 0.3) is 5.56 Å². The van der Waals surface area contributed by atoms with E-state index in [0.717, 1.165) is 45.2 Å². The summed E-state index contributed by atoms with van der Waals surface area (Å²) in [6, 6.07) is 7.11. The number of aromatic nitrogens is 2. The molecule has 2 aromatic rings. The van der Waals surface area contributed by atoms with Gasteiger partial charge in [-0.2, -0.15) is 0 Å². The minimum absolute atomic E-state index is 0.0552. The van der Waals surface area contributed by atoms with E-state index in [-0.39, 0.29) is 29.0 Å². The van der Waals surface area contributed by atoms with Crippen LogP contribution in [0.5, 0.6) is 0 Å². The van der Waals surface area contributed by atoms with Gasteiger partial charge in [0.15, 0.2) is 0 Å². The maximum absolute atomic E-state index is 12.7. The topological polar surface area (TPSA) is 87.2 Å². The van der Waals surface area contributed by atoms with E-state index in [1.807, 2.05) is 0 Å². The van der Waals surface area contributed by atoms with Crippen LogP contribution in [0.4, 0.5) is 0 Å². The number of rotatable bonds is 7. The van der Waals surface area contributed by atoms with Crippen LogP contribution in [0.1, 0.15) is 44.9 Å². The molecule has 1 saturated carbocycles. The maximum Gasteiger partial charge on any atom is 0.328 e. The van der Waals surface area contributed by atoms with Crippen molar-refractivity contribution in [1.29, 1.82) is 0 Å². The summed E-state index contributed by atoms with van der Waals surface area (Å²) in [5.41, 5.74) is -0.00218. The van der Waals surface area contributed by atoms with E-state index >= 15 is 0 Å². The van der Waals surface area contributed by atoms with Gasteiger partial charge in [0, 0.05) is 19.0 Å². The second-order valence-corrected chi connectivity index (χ2v) is 8.80. The Hall–Kier alpha value is -2.41. The fourth-order valence-electron chi connectivity index (χ4n) is 4.89. The van der Waals surface area contributed by atoms with E-state index < -0.39 is 0 Å². The summed E-state index contributed by atoms with van der Waals surface area (Å²) in [7, 11) is 0. The number of para-hydroxylation sites is 1. The van der Waals surface area contributed by atoms with E-state index in [4.69, 9.17) is 0 Å². The normalized spacial score (nSPS) is 22.4. The third kappa shape index (κ3) is 4.83. The van der Waals surface area contributed by atoms with Gasteiger partial charge in [-0.25, -0.2) is 4.79 Å². The first-order valence-electron chi connectivity index (χ1n) is 11.3. The summed E-state index contributed by atoms with van der Waals surface area (Å²) in [5, 5.41) is 3.64. The van der Waals surface area contributed by atoms with E-state index in [1.165, 1.54) is 30.5 Å². The number of fused-ring (bicyclic) bond motifs is 1. The lowest BCUT2D eigenvalue weighted by molar-refractivity contribution is -0.126. The third-order valence-electron chi connectivity index (χ3n) is 6.70. The first-order valence-corrected chi connectivity index (χ1v) is 11.3. The Kier molecular flexibility index (Phi) is 6.67. The Balaban J connectivity index is 1.25. The molecule has 7 heteroatoms. The molecule has 162 valence electrons. The summed E-state index contributed by atoms with van der Waals surface area (Å²) in [6.45, 7) is 4.63. The predicted octanol–water partition coefficient (Wildman–Crippen LogP) is 2.10. The Morgan fingerprint density at radius 1 is 1.07 bits per heavy atom. The van der Waals surface area contributed by atoms with Gasteiger partial charge in [-0.15, -0.1) is 0 Å². The SMILES string of the molecule is O=C(NCCCN1CCCC1)C1CCC(Cn2c(=O)[nH]c3ccccc3c2=O)CC1. The van der Waals surface area contributed by atoms with Crippen LogP contribution in [0.2, 0.25) is 0 Å². The second kappa shape index (κ2) is 9.60. The van der Waals surface area contributed by atoms with Crippen molar-refractivity contribution in [3.63, 3.8) is 0 Å². The summed E-state index contributed by atoms with van der Waals surface area (Å²) < 4.78 is 1.33. The number of amides is 1. The maximum atomic E-state index is 12.7. The molecule has 0 unspecified atom stereocenters. The van der Waals surface area contributed by atoms with Crippen LogP contribution >= 0.6 is 0 Å². The summed E-state index contributed by atoms with van der Waals surface area (Å²) >= 11 is 0. The fourth-order valence-corrected chi connectivity index (χ4v) is 4.89. The van der Waals surface area contributed by atoms with Crippen molar-refractivity contribution in [2.45, 2.75) is 51.5 Å². The zero-order chi connectivity index (χ0) is 20.9.